The number of thiophene rings is 1. The first kappa shape index (κ1) is 22.3. The first-order valence-electron chi connectivity index (χ1n) is 11.7. The van der Waals surface area contributed by atoms with Crippen LogP contribution in [0.4, 0.5) is 5.95 Å². The average Bonchev–Trinajstić information content (AvgIpc) is 3.33. The van der Waals surface area contributed by atoms with Crippen molar-refractivity contribution in [3.63, 3.8) is 0 Å². The molecule has 0 spiro atoms. The zero-order valence-corrected chi connectivity index (χ0v) is 20.3. The number of aryl methyl sites for hydroxylation is 2. The number of hydrogen-bond acceptors (Lipinski definition) is 5. The molecule has 0 bridgehead atoms. The molecule has 3 heterocycles. The van der Waals surface area contributed by atoms with Gasteiger partial charge in [0.15, 0.2) is 0 Å². The quantitative estimate of drug-likeness (QED) is 0.461. The fraction of sp³-hybridized carbons (Fsp3) is 0.296. The maximum absolute atomic E-state index is 13.5. The van der Waals surface area contributed by atoms with Crippen molar-refractivity contribution in [3.05, 3.63) is 87.0 Å². The van der Waals surface area contributed by atoms with Gasteiger partial charge in [-0.2, -0.15) is 0 Å². The van der Waals surface area contributed by atoms with Gasteiger partial charge in [0.1, 0.15) is 4.70 Å². The van der Waals surface area contributed by atoms with Crippen molar-refractivity contribution in [3.8, 4) is 5.69 Å². The van der Waals surface area contributed by atoms with Crippen molar-refractivity contribution in [2.75, 3.05) is 18.0 Å². The number of aromatic nitrogens is 2. The molecule has 174 valence electrons. The predicted molar refractivity (Wildman–Crippen MR) is 138 cm³/mol. The summed E-state index contributed by atoms with van der Waals surface area (Å²) in [6.45, 7) is 5.90. The number of hydrogen-bond donors (Lipinski definition) is 1. The molecule has 4 aromatic rings. The molecule has 1 amide bonds. The number of fused-ring (bicyclic) bond motifs is 1. The van der Waals surface area contributed by atoms with Gasteiger partial charge >= 0.3 is 0 Å². The van der Waals surface area contributed by atoms with Gasteiger partial charge in [-0.15, -0.1) is 11.3 Å². The second-order valence-electron chi connectivity index (χ2n) is 8.95. The third-order valence-corrected chi connectivity index (χ3v) is 7.44. The van der Waals surface area contributed by atoms with Crippen LogP contribution in [-0.2, 0) is 11.3 Å². The molecule has 0 saturated carbocycles. The standard InChI is InChI=1S/C27H28N4O2S/c1-18-9-11-22(12-10-18)31-26(33)24-23(13-15-34-24)29-27(31)30-14-5-8-21(17-30)25(32)28-16-20-7-4-3-6-19(20)2/h3-4,6-7,9-13,15,21H,5,8,14,16-17H2,1-2H3,(H,28,32)/t21-/m1/s1. The van der Waals surface area contributed by atoms with Gasteiger partial charge in [0.2, 0.25) is 11.9 Å². The summed E-state index contributed by atoms with van der Waals surface area (Å²) in [4.78, 5) is 33.5. The van der Waals surface area contributed by atoms with Crippen LogP contribution < -0.4 is 15.8 Å². The maximum atomic E-state index is 13.5. The molecular formula is C27H28N4O2S. The van der Waals surface area contributed by atoms with Gasteiger partial charge in [-0.3, -0.25) is 9.59 Å². The summed E-state index contributed by atoms with van der Waals surface area (Å²) in [6, 6.07) is 17.9. The highest BCUT2D eigenvalue weighted by Gasteiger charge is 2.29. The number of anilines is 1. The Morgan fingerprint density at radius 1 is 1.12 bits per heavy atom. The number of rotatable bonds is 5. The molecule has 1 aliphatic rings. The van der Waals surface area contributed by atoms with Crippen LogP contribution in [-0.4, -0.2) is 28.5 Å². The van der Waals surface area contributed by atoms with Crippen LogP contribution in [0.2, 0.25) is 0 Å². The minimum absolute atomic E-state index is 0.0498. The van der Waals surface area contributed by atoms with Crippen LogP contribution in [0.5, 0.6) is 0 Å². The van der Waals surface area contributed by atoms with E-state index in [1.165, 1.54) is 16.9 Å². The van der Waals surface area contributed by atoms with E-state index in [0.717, 1.165) is 36.2 Å². The Morgan fingerprint density at radius 2 is 1.91 bits per heavy atom. The molecule has 0 aliphatic carbocycles. The number of nitrogens with zero attached hydrogens (tertiary/aromatic N) is 3. The van der Waals surface area contributed by atoms with Crippen LogP contribution in [0, 0.1) is 19.8 Å². The molecule has 1 saturated heterocycles. The van der Waals surface area contributed by atoms with E-state index in [4.69, 9.17) is 4.98 Å². The normalized spacial score (nSPS) is 16.1. The molecule has 1 atom stereocenters. The Kier molecular flexibility index (Phi) is 6.20. The second-order valence-corrected chi connectivity index (χ2v) is 9.87. The third-order valence-electron chi connectivity index (χ3n) is 6.54. The van der Waals surface area contributed by atoms with Crippen molar-refractivity contribution >= 4 is 33.4 Å². The van der Waals surface area contributed by atoms with Crippen molar-refractivity contribution in [1.29, 1.82) is 0 Å². The summed E-state index contributed by atoms with van der Waals surface area (Å²) in [7, 11) is 0. The van der Waals surface area contributed by atoms with Gasteiger partial charge < -0.3 is 10.2 Å². The summed E-state index contributed by atoms with van der Waals surface area (Å²) >= 11 is 1.41. The van der Waals surface area contributed by atoms with E-state index in [1.54, 1.807) is 4.57 Å². The Morgan fingerprint density at radius 3 is 2.71 bits per heavy atom. The van der Waals surface area contributed by atoms with Crippen LogP contribution in [0.15, 0.2) is 64.8 Å². The molecule has 2 aromatic heterocycles. The van der Waals surface area contributed by atoms with E-state index in [1.807, 2.05) is 60.8 Å². The van der Waals surface area contributed by atoms with Crippen LogP contribution in [0.25, 0.3) is 15.9 Å². The number of benzene rings is 2. The lowest BCUT2D eigenvalue weighted by Crippen LogP contribution is -2.45. The SMILES string of the molecule is Cc1ccc(-n2c(N3CCC[C@@H](C(=O)NCc4ccccc4C)C3)nc3ccsc3c2=O)cc1. The fourth-order valence-corrected chi connectivity index (χ4v) is 5.31. The smallest absolute Gasteiger partial charge is 0.277 e. The van der Waals surface area contributed by atoms with E-state index in [-0.39, 0.29) is 17.4 Å². The molecular weight excluding hydrogens is 444 g/mol. The van der Waals surface area contributed by atoms with Gasteiger partial charge in [0.25, 0.3) is 5.56 Å². The van der Waals surface area contributed by atoms with E-state index in [9.17, 15) is 9.59 Å². The minimum atomic E-state index is -0.153. The minimum Gasteiger partial charge on any atom is -0.352 e. The monoisotopic (exact) mass is 472 g/mol. The molecule has 1 fully saturated rings. The molecule has 7 heteroatoms. The third kappa shape index (κ3) is 4.35. The second kappa shape index (κ2) is 9.43. The maximum Gasteiger partial charge on any atom is 0.277 e. The number of carbonyl (C=O) groups excluding carboxylic acids is 1. The number of nitrogens with one attached hydrogen (secondary N) is 1. The number of amides is 1. The van der Waals surface area contributed by atoms with E-state index in [0.29, 0.717) is 29.3 Å². The zero-order chi connectivity index (χ0) is 23.7. The topological polar surface area (TPSA) is 67.2 Å². The lowest BCUT2D eigenvalue weighted by Gasteiger charge is -2.34. The molecule has 0 unspecified atom stereocenters. The Bertz CT molecular complexity index is 1390. The van der Waals surface area contributed by atoms with Gasteiger partial charge in [-0.1, -0.05) is 42.0 Å². The summed E-state index contributed by atoms with van der Waals surface area (Å²) < 4.78 is 2.35. The van der Waals surface area contributed by atoms with Gasteiger partial charge in [0, 0.05) is 19.6 Å². The van der Waals surface area contributed by atoms with Crippen molar-refractivity contribution in [2.45, 2.75) is 33.2 Å². The van der Waals surface area contributed by atoms with E-state index < -0.39 is 0 Å². The first-order chi connectivity index (χ1) is 16.5. The molecule has 5 rings (SSSR count). The van der Waals surface area contributed by atoms with Crippen LogP contribution >= 0.6 is 11.3 Å². The highest BCUT2D eigenvalue weighted by Crippen LogP contribution is 2.27. The number of carbonyl (C=O) groups is 1. The van der Waals surface area contributed by atoms with Crippen molar-refractivity contribution < 1.29 is 4.79 Å². The highest BCUT2D eigenvalue weighted by atomic mass is 32.1. The lowest BCUT2D eigenvalue weighted by atomic mass is 9.97. The Labute approximate surface area is 202 Å². The fourth-order valence-electron chi connectivity index (χ4n) is 4.55. The van der Waals surface area contributed by atoms with E-state index in [2.05, 4.69) is 23.2 Å². The molecule has 6 nitrogen and oxygen atoms in total. The molecule has 34 heavy (non-hydrogen) atoms. The highest BCUT2D eigenvalue weighted by molar-refractivity contribution is 7.17. The summed E-state index contributed by atoms with van der Waals surface area (Å²) in [5.41, 5.74) is 4.86. The van der Waals surface area contributed by atoms with Crippen molar-refractivity contribution in [1.82, 2.24) is 14.9 Å². The Balaban J connectivity index is 1.43. The Hall–Kier alpha value is -3.45. The molecule has 1 aliphatic heterocycles. The van der Waals surface area contributed by atoms with E-state index >= 15 is 0 Å². The molecule has 1 N–H and O–H groups in total. The lowest BCUT2D eigenvalue weighted by molar-refractivity contribution is -0.125. The first-order valence-corrected chi connectivity index (χ1v) is 12.5. The molecule has 0 radical (unpaired) electrons. The van der Waals surface area contributed by atoms with Gasteiger partial charge in [-0.25, -0.2) is 9.55 Å². The van der Waals surface area contributed by atoms with Crippen molar-refractivity contribution in [2.24, 2.45) is 5.92 Å². The average molecular weight is 473 g/mol. The summed E-state index contributed by atoms with van der Waals surface area (Å²) in [6.07, 6.45) is 1.69. The zero-order valence-electron chi connectivity index (χ0n) is 19.5. The largest absolute Gasteiger partial charge is 0.352 e. The summed E-state index contributed by atoms with van der Waals surface area (Å²) in [5.74, 6) is 0.504. The predicted octanol–water partition coefficient (Wildman–Crippen LogP) is 4.60. The summed E-state index contributed by atoms with van der Waals surface area (Å²) in [5, 5.41) is 5.02. The van der Waals surface area contributed by atoms with Gasteiger partial charge in [0.05, 0.1) is 17.1 Å². The van der Waals surface area contributed by atoms with Crippen LogP contribution in [0.1, 0.15) is 29.5 Å². The number of piperidine rings is 1. The van der Waals surface area contributed by atoms with Crippen LogP contribution in [0.3, 0.4) is 0 Å². The molecule has 2 aromatic carbocycles. The van der Waals surface area contributed by atoms with Gasteiger partial charge in [-0.05, 0) is 61.4 Å².